The van der Waals surface area contributed by atoms with E-state index in [-0.39, 0.29) is 17.4 Å². The van der Waals surface area contributed by atoms with Crippen molar-refractivity contribution in [1.82, 2.24) is 14.3 Å². The van der Waals surface area contributed by atoms with Crippen molar-refractivity contribution >= 4 is 23.0 Å². The Morgan fingerprint density at radius 1 is 1.25 bits per heavy atom. The summed E-state index contributed by atoms with van der Waals surface area (Å²) >= 11 is 0. The Kier molecular flexibility index (Phi) is 5.70. The maximum Gasteiger partial charge on any atom is 0.289 e. The van der Waals surface area contributed by atoms with Crippen molar-refractivity contribution in [3.63, 3.8) is 0 Å². The predicted octanol–water partition coefficient (Wildman–Crippen LogP) is 3.33. The van der Waals surface area contributed by atoms with Crippen LogP contribution in [0.15, 0.2) is 48.7 Å². The van der Waals surface area contributed by atoms with Gasteiger partial charge in [0.05, 0.1) is 17.1 Å². The second-order valence-corrected chi connectivity index (χ2v) is 6.47. The van der Waals surface area contributed by atoms with Gasteiger partial charge in [-0.05, 0) is 36.8 Å². The Balaban J connectivity index is 1.94. The van der Waals surface area contributed by atoms with Crippen LogP contribution in [0.25, 0.3) is 5.52 Å². The van der Waals surface area contributed by atoms with Crippen molar-refractivity contribution in [1.29, 1.82) is 5.26 Å². The number of aromatic nitrogens is 2. The average molecular weight is 375 g/mol. The molecule has 7 nitrogen and oxygen atoms in total. The van der Waals surface area contributed by atoms with Crippen molar-refractivity contribution < 1.29 is 9.59 Å². The SMILES string of the molecule is CCCCN(C)C(=O)c1nc(C(=O)Nc2cccc(C#N)c2)c2ccccn12. The van der Waals surface area contributed by atoms with Gasteiger partial charge in [0, 0.05) is 25.5 Å². The maximum atomic E-state index is 12.8. The highest BCUT2D eigenvalue weighted by atomic mass is 16.2. The molecule has 3 aromatic rings. The maximum absolute atomic E-state index is 12.8. The van der Waals surface area contributed by atoms with E-state index >= 15 is 0 Å². The summed E-state index contributed by atoms with van der Waals surface area (Å²) in [5.41, 5.74) is 1.65. The molecule has 2 amide bonds. The highest BCUT2D eigenvalue weighted by molar-refractivity contribution is 6.09. The van der Waals surface area contributed by atoms with Gasteiger partial charge in [-0.2, -0.15) is 5.26 Å². The van der Waals surface area contributed by atoms with Crippen molar-refractivity contribution in [2.45, 2.75) is 19.8 Å². The molecule has 1 N–H and O–H groups in total. The predicted molar refractivity (Wildman–Crippen MR) is 106 cm³/mol. The molecule has 1 aromatic carbocycles. The highest BCUT2D eigenvalue weighted by Gasteiger charge is 2.23. The first-order chi connectivity index (χ1) is 13.5. The minimum atomic E-state index is -0.436. The number of imidazole rings is 1. The van der Waals surface area contributed by atoms with E-state index in [1.54, 1.807) is 65.0 Å². The zero-order valence-electron chi connectivity index (χ0n) is 15.8. The number of fused-ring (bicyclic) bond motifs is 1. The third-order valence-electron chi connectivity index (χ3n) is 4.40. The number of amides is 2. The molecule has 3 rings (SSSR count). The lowest BCUT2D eigenvalue weighted by Gasteiger charge is -2.15. The van der Waals surface area contributed by atoms with Crippen LogP contribution in [0.3, 0.4) is 0 Å². The number of rotatable bonds is 6. The summed E-state index contributed by atoms with van der Waals surface area (Å²) < 4.78 is 1.63. The second kappa shape index (κ2) is 8.35. The van der Waals surface area contributed by atoms with E-state index in [1.165, 1.54) is 0 Å². The van der Waals surface area contributed by atoms with Crippen molar-refractivity contribution in [3.05, 3.63) is 65.7 Å². The van der Waals surface area contributed by atoms with Crippen molar-refractivity contribution in [2.75, 3.05) is 18.9 Å². The summed E-state index contributed by atoms with van der Waals surface area (Å²) in [5.74, 6) is -0.473. The number of carbonyl (C=O) groups excluding carboxylic acids is 2. The van der Waals surface area contributed by atoms with Gasteiger partial charge in [-0.3, -0.25) is 14.0 Å². The topological polar surface area (TPSA) is 90.5 Å². The number of benzene rings is 1. The number of nitrogens with one attached hydrogen (secondary N) is 1. The molecule has 7 heteroatoms. The van der Waals surface area contributed by atoms with Crippen LogP contribution < -0.4 is 5.32 Å². The zero-order valence-corrected chi connectivity index (χ0v) is 15.8. The summed E-state index contributed by atoms with van der Waals surface area (Å²) in [6.45, 7) is 2.69. The zero-order chi connectivity index (χ0) is 20.1. The number of nitriles is 1. The molecule has 28 heavy (non-hydrogen) atoms. The highest BCUT2D eigenvalue weighted by Crippen LogP contribution is 2.17. The van der Waals surface area contributed by atoms with Crippen LogP contribution in [-0.4, -0.2) is 39.7 Å². The third kappa shape index (κ3) is 3.86. The first kappa shape index (κ1) is 19.1. The lowest BCUT2D eigenvalue weighted by atomic mass is 10.2. The Labute approximate surface area is 163 Å². The summed E-state index contributed by atoms with van der Waals surface area (Å²) in [7, 11) is 1.73. The van der Waals surface area contributed by atoms with E-state index < -0.39 is 5.91 Å². The number of carbonyl (C=O) groups is 2. The quantitative estimate of drug-likeness (QED) is 0.715. The van der Waals surface area contributed by atoms with Crippen LogP contribution in [0.4, 0.5) is 5.69 Å². The molecule has 0 bridgehead atoms. The molecule has 2 aromatic heterocycles. The number of anilines is 1. The van der Waals surface area contributed by atoms with Crippen LogP contribution in [0.2, 0.25) is 0 Å². The molecular formula is C21H21N5O2. The van der Waals surface area contributed by atoms with Gasteiger partial charge in [-0.25, -0.2) is 4.98 Å². The van der Waals surface area contributed by atoms with Gasteiger partial charge in [-0.1, -0.05) is 25.5 Å². The molecule has 0 atom stereocenters. The van der Waals surface area contributed by atoms with Crippen molar-refractivity contribution in [2.24, 2.45) is 0 Å². The van der Waals surface area contributed by atoms with Gasteiger partial charge >= 0.3 is 0 Å². The Bertz CT molecular complexity index is 1060. The van der Waals surface area contributed by atoms with Crippen LogP contribution in [0.1, 0.15) is 46.4 Å². The van der Waals surface area contributed by atoms with E-state index in [0.717, 1.165) is 12.8 Å². The normalized spacial score (nSPS) is 10.5. The molecule has 0 saturated carbocycles. The van der Waals surface area contributed by atoms with E-state index in [1.807, 2.05) is 6.07 Å². The van der Waals surface area contributed by atoms with Crippen molar-refractivity contribution in [3.8, 4) is 6.07 Å². The summed E-state index contributed by atoms with van der Waals surface area (Å²) in [5, 5.41) is 11.8. The van der Waals surface area contributed by atoms with Gasteiger partial charge in [0.15, 0.2) is 5.69 Å². The Hall–Kier alpha value is -3.66. The molecule has 0 aliphatic rings. The van der Waals surface area contributed by atoms with Crippen LogP contribution >= 0.6 is 0 Å². The minimum Gasteiger partial charge on any atom is -0.339 e. The molecule has 2 heterocycles. The number of unbranched alkanes of at least 4 members (excludes halogenated alkanes) is 1. The number of hydrogen-bond acceptors (Lipinski definition) is 4. The molecular weight excluding hydrogens is 354 g/mol. The molecule has 0 aliphatic carbocycles. The smallest absolute Gasteiger partial charge is 0.289 e. The summed E-state index contributed by atoms with van der Waals surface area (Å²) in [6, 6.07) is 14.0. The fourth-order valence-corrected chi connectivity index (χ4v) is 2.88. The largest absolute Gasteiger partial charge is 0.339 e. The first-order valence-corrected chi connectivity index (χ1v) is 9.09. The average Bonchev–Trinajstić information content (AvgIpc) is 3.11. The van der Waals surface area contributed by atoms with E-state index in [4.69, 9.17) is 5.26 Å². The summed E-state index contributed by atoms with van der Waals surface area (Å²) in [4.78, 5) is 31.6. The van der Waals surface area contributed by atoms with Gasteiger partial charge in [0.25, 0.3) is 11.8 Å². The molecule has 0 radical (unpaired) electrons. The fraction of sp³-hybridized carbons (Fsp3) is 0.238. The molecule has 0 saturated heterocycles. The minimum absolute atomic E-state index is 0.162. The molecule has 0 fully saturated rings. The summed E-state index contributed by atoms with van der Waals surface area (Å²) in [6.07, 6.45) is 3.60. The fourth-order valence-electron chi connectivity index (χ4n) is 2.88. The van der Waals surface area contributed by atoms with Crippen LogP contribution in [-0.2, 0) is 0 Å². The molecule has 142 valence electrons. The Morgan fingerprint density at radius 3 is 2.82 bits per heavy atom. The van der Waals surface area contributed by atoms with Gasteiger partial charge in [-0.15, -0.1) is 0 Å². The van der Waals surface area contributed by atoms with Gasteiger partial charge in [0.2, 0.25) is 5.82 Å². The number of pyridine rings is 1. The number of hydrogen-bond donors (Lipinski definition) is 1. The lowest BCUT2D eigenvalue weighted by molar-refractivity contribution is 0.0780. The lowest BCUT2D eigenvalue weighted by Crippen LogP contribution is -2.29. The van der Waals surface area contributed by atoms with Crippen LogP contribution in [0, 0.1) is 11.3 Å². The molecule has 0 spiro atoms. The standard InChI is InChI=1S/C21H21N5O2/c1-3-4-11-25(2)21(28)19-24-18(17-10-5-6-12-26(17)19)20(27)23-16-9-7-8-15(13-16)14-22/h5-10,12-13H,3-4,11H2,1-2H3,(H,23,27). The van der Waals surface area contributed by atoms with Crippen LogP contribution in [0.5, 0.6) is 0 Å². The Morgan fingerprint density at radius 2 is 2.07 bits per heavy atom. The molecule has 0 unspecified atom stereocenters. The van der Waals surface area contributed by atoms with E-state index in [0.29, 0.717) is 23.3 Å². The second-order valence-electron chi connectivity index (χ2n) is 6.47. The number of nitrogens with zero attached hydrogens (tertiary/aromatic N) is 4. The monoisotopic (exact) mass is 375 g/mol. The van der Waals surface area contributed by atoms with E-state index in [9.17, 15) is 9.59 Å². The van der Waals surface area contributed by atoms with Gasteiger partial charge < -0.3 is 10.2 Å². The van der Waals surface area contributed by atoms with E-state index in [2.05, 4.69) is 17.2 Å². The molecule has 0 aliphatic heterocycles. The third-order valence-corrected chi connectivity index (χ3v) is 4.40. The van der Waals surface area contributed by atoms with Gasteiger partial charge in [0.1, 0.15) is 0 Å². The first-order valence-electron chi connectivity index (χ1n) is 9.09.